The summed E-state index contributed by atoms with van der Waals surface area (Å²) in [5.74, 6) is 0.211. The van der Waals surface area contributed by atoms with Gasteiger partial charge in [0, 0.05) is 19.2 Å². The number of likely N-dealkylation sites (tertiary alicyclic amines) is 1. The van der Waals surface area contributed by atoms with E-state index in [-0.39, 0.29) is 11.6 Å². The van der Waals surface area contributed by atoms with Gasteiger partial charge in [-0.3, -0.25) is 14.3 Å². The molecular weight excluding hydrogens is 328 g/mol. The van der Waals surface area contributed by atoms with E-state index < -0.39 is 0 Å². The van der Waals surface area contributed by atoms with Crippen molar-refractivity contribution in [2.24, 2.45) is 0 Å². The van der Waals surface area contributed by atoms with Gasteiger partial charge in [0.15, 0.2) is 0 Å². The molecule has 1 N–H and O–H groups in total. The van der Waals surface area contributed by atoms with Crippen molar-refractivity contribution in [2.45, 2.75) is 39.3 Å². The number of carbonyl (C=O) groups is 1. The summed E-state index contributed by atoms with van der Waals surface area (Å²) < 4.78 is 1.73. The van der Waals surface area contributed by atoms with Gasteiger partial charge >= 0.3 is 5.69 Å². The van der Waals surface area contributed by atoms with Gasteiger partial charge in [0.05, 0.1) is 29.8 Å². The predicted octanol–water partition coefficient (Wildman–Crippen LogP) is 2.46. The zero-order chi connectivity index (χ0) is 18.1. The molecule has 2 aromatic heterocycles. The van der Waals surface area contributed by atoms with Crippen molar-refractivity contribution in [3.8, 4) is 0 Å². The molecule has 1 saturated heterocycles. The van der Waals surface area contributed by atoms with Crippen molar-refractivity contribution < 1.29 is 4.79 Å². The maximum absolute atomic E-state index is 12.3. The molecule has 0 aliphatic carbocycles. The molecule has 134 valence electrons. The van der Waals surface area contributed by atoms with Crippen molar-refractivity contribution in [1.82, 2.24) is 19.4 Å². The van der Waals surface area contributed by atoms with Crippen molar-refractivity contribution in [3.63, 3.8) is 0 Å². The van der Waals surface area contributed by atoms with Gasteiger partial charge < -0.3 is 9.88 Å². The molecule has 0 atom stereocenters. The van der Waals surface area contributed by atoms with E-state index in [0.29, 0.717) is 19.5 Å². The van der Waals surface area contributed by atoms with Crippen molar-refractivity contribution >= 4 is 16.9 Å². The van der Waals surface area contributed by atoms with Gasteiger partial charge in [-0.15, -0.1) is 0 Å². The summed E-state index contributed by atoms with van der Waals surface area (Å²) >= 11 is 0. The fourth-order valence-corrected chi connectivity index (χ4v) is 3.62. The largest absolute Gasteiger partial charge is 0.337 e. The van der Waals surface area contributed by atoms with E-state index in [1.165, 1.54) is 0 Å². The molecule has 0 bridgehead atoms. The number of aromatic amines is 1. The molecule has 1 amide bonds. The van der Waals surface area contributed by atoms with Gasteiger partial charge in [-0.05, 0) is 36.1 Å². The minimum absolute atomic E-state index is 0.115. The summed E-state index contributed by atoms with van der Waals surface area (Å²) in [6, 6.07) is 9.79. The highest BCUT2D eigenvalue weighted by molar-refractivity contribution is 5.78. The molecule has 0 radical (unpaired) electrons. The lowest BCUT2D eigenvalue weighted by Gasteiger charge is -2.17. The van der Waals surface area contributed by atoms with Gasteiger partial charge in [0.1, 0.15) is 0 Å². The Morgan fingerprint density at radius 1 is 1.19 bits per heavy atom. The van der Waals surface area contributed by atoms with Crippen LogP contribution in [0.4, 0.5) is 0 Å². The SMILES string of the molecule is CCc1cc(Cn2c(=O)[nH]c3ccccc32)cnc1CN1CCCC1=O. The number of hydrogen-bond donors (Lipinski definition) is 1. The van der Waals surface area contributed by atoms with E-state index in [0.717, 1.165) is 47.2 Å². The number of imidazole rings is 1. The van der Waals surface area contributed by atoms with Crippen molar-refractivity contribution in [3.05, 3.63) is 63.8 Å². The van der Waals surface area contributed by atoms with Crippen LogP contribution in [0.25, 0.3) is 11.0 Å². The maximum Gasteiger partial charge on any atom is 0.326 e. The minimum atomic E-state index is -0.115. The molecule has 1 aliphatic heterocycles. The lowest BCUT2D eigenvalue weighted by Crippen LogP contribution is -2.25. The number of para-hydroxylation sites is 2. The molecule has 4 rings (SSSR count). The number of pyridine rings is 1. The third kappa shape index (κ3) is 3.03. The molecule has 0 spiro atoms. The highest BCUT2D eigenvalue weighted by Gasteiger charge is 2.21. The van der Waals surface area contributed by atoms with Gasteiger partial charge in [-0.1, -0.05) is 25.1 Å². The number of fused-ring (bicyclic) bond motifs is 1. The number of carbonyl (C=O) groups excluding carboxylic acids is 1. The van der Waals surface area contributed by atoms with Crippen LogP contribution in [-0.2, 0) is 24.3 Å². The van der Waals surface area contributed by atoms with Crippen LogP contribution in [-0.4, -0.2) is 31.9 Å². The number of aryl methyl sites for hydroxylation is 1. The topological polar surface area (TPSA) is 71.0 Å². The average molecular weight is 350 g/mol. The number of H-pyrrole nitrogens is 1. The van der Waals surface area contributed by atoms with E-state index in [9.17, 15) is 9.59 Å². The lowest BCUT2D eigenvalue weighted by atomic mass is 10.1. The number of hydrogen-bond acceptors (Lipinski definition) is 3. The van der Waals surface area contributed by atoms with E-state index in [1.807, 2.05) is 35.4 Å². The molecule has 0 saturated carbocycles. The first-order valence-corrected chi connectivity index (χ1v) is 9.07. The van der Waals surface area contributed by atoms with Crippen LogP contribution < -0.4 is 5.69 Å². The summed E-state index contributed by atoms with van der Waals surface area (Å²) in [6.45, 7) is 3.96. The Bertz CT molecular complexity index is 1020. The van der Waals surface area contributed by atoms with E-state index in [2.05, 4.69) is 23.0 Å². The maximum atomic E-state index is 12.3. The van der Waals surface area contributed by atoms with Gasteiger partial charge in [0.25, 0.3) is 0 Å². The third-order valence-corrected chi connectivity index (χ3v) is 5.03. The second-order valence-electron chi connectivity index (χ2n) is 6.76. The third-order valence-electron chi connectivity index (χ3n) is 5.03. The zero-order valence-electron chi connectivity index (χ0n) is 14.9. The Morgan fingerprint density at radius 2 is 2.04 bits per heavy atom. The van der Waals surface area contributed by atoms with Crippen LogP contribution in [0.3, 0.4) is 0 Å². The minimum Gasteiger partial charge on any atom is -0.337 e. The van der Waals surface area contributed by atoms with Crippen LogP contribution in [0.1, 0.15) is 36.6 Å². The molecule has 6 nitrogen and oxygen atoms in total. The van der Waals surface area contributed by atoms with Gasteiger partial charge in [0.2, 0.25) is 5.91 Å². The zero-order valence-corrected chi connectivity index (χ0v) is 14.9. The second kappa shape index (κ2) is 6.78. The molecule has 1 fully saturated rings. The number of benzene rings is 1. The van der Waals surface area contributed by atoms with Crippen LogP contribution in [0, 0.1) is 0 Å². The van der Waals surface area contributed by atoms with Gasteiger partial charge in [-0.25, -0.2) is 4.79 Å². The molecule has 0 unspecified atom stereocenters. The standard InChI is InChI=1S/C20H22N4O2/c1-2-15-10-14(11-21-17(15)13-23-9-5-8-19(23)25)12-24-18-7-4-3-6-16(18)22-20(24)26/h3-4,6-7,10-11H,2,5,8-9,12-13H2,1H3,(H,22,26). The Kier molecular flexibility index (Phi) is 4.32. The monoisotopic (exact) mass is 350 g/mol. The molecule has 3 aromatic rings. The number of rotatable bonds is 5. The fraction of sp³-hybridized carbons (Fsp3) is 0.350. The van der Waals surface area contributed by atoms with Crippen LogP contribution >= 0.6 is 0 Å². The Hall–Kier alpha value is -2.89. The average Bonchev–Trinajstić information content (AvgIpc) is 3.19. The van der Waals surface area contributed by atoms with Crippen LogP contribution in [0.2, 0.25) is 0 Å². The first kappa shape index (κ1) is 16.6. The summed E-state index contributed by atoms with van der Waals surface area (Å²) in [7, 11) is 0. The van der Waals surface area contributed by atoms with Crippen LogP contribution in [0.5, 0.6) is 0 Å². The molecule has 1 aliphatic rings. The van der Waals surface area contributed by atoms with Crippen molar-refractivity contribution in [1.29, 1.82) is 0 Å². The highest BCUT2D eigenvalue weighted by Crippen LogP contribution is 2.18. The summed E-state index contributed by atoms with van der Waals surface area (Å²) in [6.07, 6.45) is 4.25. The first-order valence-electron chi connectivity index (χ1n) is 9.07. The summed E-state index contributed by atoms with van der Waals surface area (Å²) in [5.41, 5.74) is 4.70. The fourth-order valence-electron chi connectivity index (χ4n) is 3.62. The van der Waals surface area contributed by atoms with Crippen LogP contribution in [0.15, 0.2) is 41.3 Å². The molecule has 26 heavy (non-hydrogen) atoms. The smallest absolute Gasteiger partial charge is 0.326 e. The Morgan fingerprint density at radius 3 is 2.81 bits per heavy atom. The van der Waals surface area contributed by atoms with Crippen molar-refractivity contribution in [2.75, 3.05) is 6.54 Å². The number of amides is 1. The van der Waals surface area contributed by atoms with Gasteiger partial charge in [-0.2, -0.15) is 0 Å². The number of aromatic nitrogens is 3. The summed E-state index contributed by atoms with van der Waals surface area (Å²) in [5, 5.41) is 0. The lowest BCUT2D eigenvalue weighted by molar-refractivity contribution is -0.128. The Balaban J connectivity index is 1.62. The molecule has 3 heterocycles. The quantitative estimate of drug-likeness (QED) is 0.768. The first-order chi connectivity index (χ1) is 12.7. The Labute approximate surface area is 151 Å². The summed E-state index contributed by atoms with van der Waals surface area (Å²) in [4.78, 5) is 33.5. The van der Waals surface area contributed by atoms with E-state index >= 15 is 0 Å². The molecule has 1 aromatic carbocycles. The molecular formula is C20H22N4O2. The molecule has 6 heteroatoms. The highest BCUT2D eigenvalue weighted by atomic mass is 16.2. The van der Waals surface area contributed by atoms with E-state index in [1.54, 1.807) is 4.57 Å². The second-order valence-corrected chi connectivity index (χ2v) is 6.76. The predicted molar refractivity (Wildman–Crippen MR) is 99.9 cm³/mol. The number of nitrogens with one attached hydrogen (secondary N) is 1. The van der Waals surface area contributed by atoms with E-state index in [4.69, 9.17) is 0 Å². The number of nitrogens with zero attached hydrogens (tertiary/aromatic N) is 3. The normalized spacial score (nSPS) is 14.5.